The van der Waals surface area contributed by atoms with E-state index in [0.717, 1.165) is 23.3 Å². The molecule has 8 heteroatoms. The Hall–Kier alpha value is -3.73. The summed E-state index contributed by atoms with van der Waals surface area (Å²) in [4.78, 5) is 4.16. The molecule has 0 bridgehead atoms. The van der Waals surface area contributed by atoms with E-state index in [1.807, 2.05) is 35.1 Å². The number of guanidine groups is 1. The maximum absolute atomic E-state index is 12.8. The average molecular weight is 425 g/mol. The first kappa shape index (κ1) is 22.0. The van der Waals surface area contributed by atoms with Gasteiger partial charge in [-0.1, -0.05) is 42.2 Å². The van der Waals surface area contributed by atoms with Crippen LogP contribution in [0.15, 0.2) is 72.0 Å². The topological polar surface area (TPSA) is 54.2 Å². The van der Waals surface area contributed by atoms with Crippen LogP contribution in [0.1, 0.15) is 22.3 Å². The quantitative estimate of drug-likeness (QED) is 0.373. The zero-order valence-electron chi connectivity index (χ0n) is 16.9. The Labute approximate surface area is 179 Å². The molecule has 0 aliphatic carbocycles. The molecule has 1 aromatic heterocycles. The van der Waals surface area contributed by atoms with E-state index < -0.39 is 11.7 Å². The van der Waals surface area contributed by atoms with E-state index in [9.17, 15) is 13.2 Å². The second kappa shape index (κ2) is 10.3. The second-order valence-corrected chi connectivity index (χ2v) is 6.63. The van der Waals surface area contributed by atoms with E-state index >= 15 is 0 Å². The minimum atomic E-state index is -4.38. The summed E-state index contributed by atoms with van der Waals surface area (Å²) in [6.07, 6.45) is -0.726. The standard InChI is InChI=1S/C23H22F3N5/c1-27-22(28-12-5-8-18-7-4-11-21(15-18)23(24,25)26)29-16-19-9-2-3-10-20(19)17-31-14-6-13-30-31/h2-4,6-7,9-11,13-15H,12,16-17H2,1H3,(H2,27,28,29). The Bertz CT molecular complexity index is 1080. The van der Waals surface area contributed by atoms with Gasteiger partial charge in [0.05, 0.1) is 18.7 Å². The molecule has 0 amide bonds. The first-order chi connectivity index (χ1) is 15.0. The van der Waals surface area contributed by atoms with Crippen molar-refractivity contribution in [2.75, 3.05) is 13.6 Å². The minimum Gasteiger partial charge on any atom is -0.352 e. The van der Waals surface area contributed by atoms with Crippen LogP contribution in [0.3, 0.4) is 0 Å². The van der Waals surface area contributed by atoms with Crippen LogP contribution in [0.4, 0.5) is 13.2 Å². The molecule has 0 fully saturated rings. The van der Waals surface area contributed by atoms with Crippen LogP contribution < -0.4 is 10.6 Å². The van der Waals surface area contributed by atoms with E-state index in [2.05, 4.69) is 38.6 Å². The van der Waals surface area contributed by atoms with E-state index in [-0.39, 0.29) is 6.54 Å². The predicted octanol–water partition coefficient (Wildman–Crippen LogP) is 3.67. The maximum atomic E-state index is 12.8. The largest absolute Gasteiger partial charge is 0.416 e. The molecule has 0 saturated heterocycles. The Balaban J connectivity index is 1.54. The summed E-state index contributed by atoms with van der Waals surface area (Å²) in [7, 11) is 1.64. The molecule has 0 atom stereocenters. The highest BCUT2D eigenvalue weighted by Gasteiger charge is 2.30. The van der Waals surface area contributed by atoms with Crippen molar-refractivity contribution < 1.29 is 13.2 Å². The van der Waals surface area contributed by atoms with Gasteiger partial charge in [-0.2, -0.15) is 18.3 Å². The van der Waals surface area contributed by atoms with Crippen molar-refractivity contribution in [1.82, 2.24) is 20.4 Å². The summed E-state index contributed by atoms with van der Waals surface area (Å²) < 4.78 is 40.2. The van der Waals surface area contributed by atoms with Gasteiger partial charge in [-0.05, 0) is 35.4 Å². The lowest BCUT2D eigenvalue weighted by Gasteiger charge is -2.13. The first-order valence-electron chi connectivity index (χ1n) is 9.60. The Morgan fingerprint density at radius 1 is 1.06 bits per heavy atom. The summed E-state index contributed by atoms with van der Waals surface area (Å²) in [6, 6.07) is 14.9. The van der Waals surface area contributed by atoms with Gasteiger partial charge in [0.2, 0.25) is 0 Å². The van der Waals surface area contributed by atoms with Crippen LogP contribution in [0, 0.1) is 11.8 Å². The van der Waals surface area contributed by atoms with Crippen LogP contribution in [0.2, 0.25) is 0 Å². The molecule has 0 saturated carbocycles. The highest BCUT2D eigenvalue weighted by atomic mass is 19.4. The van der Waals surface area contributed by atoms with Crippen molar-refractivity contribution in [3.63, 3.8) is 0 Å². The molecule has 5 nitrogen and oxygen atoms in total. The number of aromatic nitrogens is 2. The fourth-order valence-electron chi connectivity index (χ4n) is 2.90. The van der Waals surface area contributed by atoms with Crippen molar-refractivity contribution in [1.29, 1.82) is 0 Å². The summed E-state index contributed by atoms with van der Waals surface area (Å²) in [5.41, 5.74) is 1.85. The fourth-order valence-corrected chi connectivity index (χ4v) is 2.90. The summed E-state index contributed by atoms with van der Waals surface area (Å²) in [5.74, 6) is 6.11. The summed E-state index contributed by atoms with van der Waals surface area (Å²) in [5, 5.41) is 10.5. The van der Waals surface area contributed by atoms with Crippen molar-refractivity contribution in [3.05, 3.63) is 89.2 Å². The number of alkyl halides is 3. The smallest absolute Gasteiger partial charge is 0.352 e. The van der Waals surface area contributed by atoms with Crippen LogP contribution in [-0.4, -0.2) is 29.3 Å². The third kappa shape index (κ3) is 6.64. The van der Waals surface area contributed by atoms with Gasteiger partial charge in [-0.25, -0.2) is 0 Å². The molecule has 0 aliphatic rings. The Morgan fingerprint density at radius 3 is 2.58 bits per heavy atom. The number of aliphatic imine (C=N–C) groups is 1. The van der Waals surface area contributed by atoms with Crippen LogP contribution in [0.5, 0.6) is 0 Å². The molecule has 31 heavy (non-hydrogen) atoms. The van der Waals surface area contributed by atoms with Gasteiger partial charge in [0, 0.05) is 31.5 Å². The van der Waals surface area contributed by atoms with E-state index in [0.29, 0.717) is 24.6 Å². The lowest BCUT2D eigenvalue weighted by atomic mass is 10.1. The summed E-state index contributed by atoms with van der Waals surface area (Å²) >= 11 is 0. The predicted molar refractivity (Wildman–Crippen MR) is 114 cm³/mol. The third-order valence-electron chi connectivity index (χ3n) is 4.45. The molecule has 0 unspecified atom stereocenters. The van der Waals surface area contributed by atoms with Crippen LogP contribution >= 0.6 is 0 Å². The number of nitrogens with zero attached hydrogens (tertiary/aromatic N) is 3. The van der Waals surface area contributed by atoms with Gasteiger partial charge in [-0.3, -0.25) is 9.67 Å². The van der Waals surface area contributed by atoms with Crippen molar-refractivity contribution in [2.45, 2.75) is 19.3 Å². The first-order valence-corrected chi connectivity index (χ1v) is 9.60. The molecule has 1 heterocycles. The van der Waals surface area contributed by atoms with Gasteiger partial charge < -0.3 is 10.6 Å². The average Bonchev–Trinajstić information content (AvgIpc) is 3.27. The summed E-state index contributed by atoms with van der Waals surface area (Å²) in [6.45, 7) is 1.46. The van der Waals surface area contributed by atoms with E-state index in [4.69, 9.17) is 0 Å². The van der Waals surface area contributed by atoms with Gasteiger partial charge in [0.25, 0.3) is 0 Å². The number of rotatable bonds is 5. The molecule has 0 spiro atoms. The van der Waals surface area contributed by atoms with E-state index in [1.165, 1.54) is 6.07 Å². The van der Waals surface area contributed by atoms with E-state index in [1.54, 1.807) is 19.3 Å². The third-order valence-corrected chi connectivity index (χ3v) is 4.45. The normalized spacial score (nSPS) is 11.5. The number of benzene rings is 2. The number of hydrogen-bond acceptors (Lipinski definition) is 2. The monoisotopic (exact) mass is 425 g/mol. The van der Waals surface area contributed by atoms with Gasteiger partial charge in [0.15, 0.2) is 5.96 Å². The SMILES string of the molecule is CN=C(NCC#Cc1cccc(C(F)(F)F)c1)NCc1ccccc1Cn1cccn1. The molecule has 0 radical (unpaired) electrons. The number of hydrogen-bond donors (Lipinski definition) is 2. The Morgan fingerprint density at radius 2 is 1.87 bits per heavy atom. The van der Waals surface area contributed by atoms with Crippen LogP contribution in [-0.2, 0) is 19.3 Å². The van der Waals surface area contributed by atoms with Crippen molar-refractivity contribution >= 4 is 5.96 Å². The number of nitrogens with one attached hydrogen (secondary N) is 2. The molecule has 2 N–H and O–H groups in total. The molecule has 3 rings (SSSR count). The molecular formula is C23H22F3N5. The maximum Gasteiger partial charge on any atom is 0.416 e. The lowest BCUT2D eigenvalue weighted by Crippen LogP contribution is -2.37. The minimum absolute atomic E-state index is 0.241. The van der Waals surface area contributed by atoms with Gasteiger partial charge in [-0.15, -0.1) is 0 Å². The highest BCUT2D eigenvalue weighted by molar-refractivity contribution is 5.79. The van der Waals surface area contributed by atoms with Gasteiger partial charge in [0.1, 0.15) is 0 Å². The molecule has 3 aromatic rings. The van der Waals surface area contributed by atoms with Crippen molar-refractivity contribution in [2.24, 2.45) is 4.99 Å². The second-order valence-electron chi connectivity index (χ2n) is 6.63. The zero-order chi connectivity index (χ0) is 22.1. The van der Waals surface area contributed by atoms with Gasteiger partial charge >= 0.3 is 6.18 Å². The van der Waals surface area contributed by atoms with Crippen molar-refractivity contribution in [3.8, 4) is 11.8 Å². The molecule has 2 aromatic carbocycles. The Kier molecular flexibility index (Phi) is 7.33. The molecule has 0 aliphatic heterocycles. The lowest BCUT2D eigenvalue weighted by molar-refractivity contribution is -0.137. The molecule has 160 valence electrons. The molecular weight excluding hydrogens is 403 g/mol. The van der Waals surface area contributed by atoms with Crippen LogP contribution in [0.25, 0.3) is 0 Å². The fraction of sp³-hybridized carbons (Fsp3) is 0.217. The highest BCUT2D eigenvalue weighted by Crippen LogP contribution is 2.29. The zero-order valence-corrected chi connectivity index (χ0v) is 16.9. The number of halogens is 3.